The molecule has 33 heavy (non-hydrogen) atoms. The van der Waals surface area contributed by atoms with Crippen molar-refractivity contribution in [3.8, 4) is 0 Å². The summed E-state index contributed by atoms with van der Waals surface area (Å²) in [5.74, 6) is -0.173. The van der Waals surface area contributed by atoms with Crippen LogP contribution in [0.15, 0.2) is 48.5 Å². The minimum absolute atomic E-state index is 0.00560. The summed E-state index contributed by atoms with van der Waals surface area (Å²) >= 11 is 12.2. The molecular formula is C26H32Cl2N2O3. The number of nitrogens with zero attached hydrogens (tertiary/aromatic N) is 1. The van der Waals surface area contributed by atoms with Crippen molar-refractivity contribution in [3.63, 3.8) is 0 Å². The molecule has 1 aliphatic rings. The van der Waals surface area contributed by atoms with Crippen molar-refractivity contribution >= 4 is 35.2 Å². The molecule has 0 aromatic heterocycles. The van der Waals surface area contributed by atoms with Gasteiger partial charge in [-0.05, 0) is 82.9 Å². The molecule has 7 heteroatoms. The Labute approximate surface area is 206 Å². The summed E-state index contributed by atoms with van der Waals surface area (Å²) in [4.78, 5) is 27.4. The molecule has 3 unspecified atom stereocenters. The highest BCUT2D eigenvalue weighted by atomic mass is 35.5. The van der Waals surface area contributed by atoms with Gasteiger partial charge in [0.15, 0.2) is 0 Å². The fourth-order valence-corrected chi connectivity index (χ4v) is 4.29. The zero-order valence-corrected chi connectivity index (χ0v) is 21.3. The van der Waals surface area contributed by atoms with Crippen LogP contribution in [0, 0.1) is 0 Å². The van der Waals surface area contributed by atoms with Crippen LogP contribution < -0.4 is 5.32 Å². The quantitative estimate of drug-likeness (QED) is 0.522. The summed E-state index contributed by atoms with van der Waals surface area (Å²) in [6.45, 7) is 9.73. The van der Waals surface area contributed by atoms with E-state index in [2.05, 4.69) is 5.32 Å². The molecule has 0 spiro atoms. The number of halogens is 2. The lowest BCUT2D eigenvalue weighted by molar-refractivity contribution is -0.141. The molecular weight excluding hydrogens is 459 g/mol. The first-order chi connectivity index (χ1) is 15.4. The van der Waals surface area contributed by atoms with Crippen LogP contribution in [-0.2, 0) is 16.0 Å². The number of hydrogen-bond acceptors (Lipinski definition) is 3. The minimum Gasteiger partial charge on any atom is -0.444 e. The maximum Gasteiger partial charge on any atom is 0.411 e. The smallest absolute Gasteiger partial charge is 0.411 e. The van der Waals surface area contributed by atoms with Crippen LogP contribution in [0.3, 0.4) is 0 Å². The van der Waals surface area contributed by atoms with Gasteiger partial charge < -0.3 is 10.1 Å². The van der Waals surface area contributed by atoms with Gasteiger partial charge in [-0.15, -0.1) is 0 Å². The molecule has 0 radical (unpaired) electrons. The highest BCUT2D eigenvalue weighted by molar-refractivity contribution is 6.30. The monoisotopic (exact) mass is 490 g/mol. The van der Waals surface area contributed by atoms with Gasteiger partial charge in [0, 0.05) is 28.5 Å². The van der Waals surface area contributed by atoms with Crippen LogP contribution in [0.1, 0.15) is 58.1 Å². The maximum absolute atomic E-state index is 13.3. The Hall–Kier alpha value is -2.24. The van der Waals surface area contributed by atoms with Gasteiger partial charge in [0.2, 0.25) is 5.91 Å². The Morgan fingerprint density at radius 2 is 1.61 bits per heavy atom. The molecule has 3 rings (SSSR count). The van der Waals surface area contributed by atoms with Gasteiger partial charge >= 0.3 is 6.09 Å². The number of likely N-dealkylation sites (tertiary alicyclic amines) is 1. The summed E-state index contributed by atoms with van der Waals surface area (Å²) in [6, 6.07) is 15.2. The predicted molar refractivity (Wildman–Crippen MR) is 133 cm³/mol. The summed E-state index contributed by atoms with van der Waals surface area (Å²) in [5.41, 5.74) is 0.646. The molecule has 2 aromatic rings. The fourth-order valence-electron chi connectivity index (χ4n) is 4.04. The topological polar surface area (TPSA) is 58.6 Å². The summed E-state index contributed by atoms with van der Waals surface area (Å²) in [5, 5.41) is 4.51. The number of carbonyl (C=O) groups is 2. The molecule has 0 saturated carbocycles. The summed E-state index contributed by atoms with van der Waals surface area (Å²) in [7, 11) is 0. The first-order valence-corrected chi connectivity index (χ1v) is 12.0. The Kier molecular flexibility index (Phi) is 7.65. The number of carbonyl (C=O) groups excluding carboxylic acids is 2. The SMILES string of the molecule is CC(NC(=O)C1(C)CCN1C(=O)OC(C)(C)C)C(Cc1ccc(Cl)cc1)c1ccc(Cl)cc1. The van der Waals surface area contributed by atoms with E-state index in [-0.39, 0.29) is 17.9 Å². The predicted octanol–water partition coefficient (Wildman–Crippen LogP) is 6.22. The lowest BCUT2D eigenvalue weighted by Crippen LogP contribution is -2.68. The van der Waals surface area contributed by atoms with Gasteiger partial charge in [0.25, 0.3) is 0 Å². The van der Waals surface area contributed by atoms with E-state index in [1.54, 1.807) is 6.92 Å². The molecule has 0 bridgehead atoms. The third-order valence-corrected chi connectivity index (χ3v) is 6.65. The molecule has 1 aliphatic heterocycles. The number of nitrogens with one attached hydrogen (secondary N) is 1. The second-order valence-electron chi connectivity index (χ2n) is 9.91. The van der Waals surface area contributed by atoms with Crippen molar-refractivity contribution in [1.82, 2.24) is 10.2 Å². The van der Waals surface area contributed by atoms with Crippen molar-refractivity contribution in [2.45, 2.75) is 70.6 Å². The number of rotatable bonds is 6. The Balaban J connectivity index is 1.77. The summed E-state index contributed by atoms with van der Waals surface area (Å²) in [6.07, 6.45) is 0.842. The van der Waals surface area contributed by atoms with E-state index in [1.807, 2.05) is 76.2 Å². The van der Waals surface area contributed by atoms with Crippen molar-refractivity contribution in [3.05, 3.63) is 69.7 Å². The third kappa shape index (κ3) is 6.21. The Morgan fingerprint density at radius 1 is 1.06 bits per heavy atom. The standard InChI is InChI=1S/C26H32Cl2N2O3/c1-17(29-23(31)26(5)14-15-30(26)24(32)33-25(2,3)4)22(19-8-12-21(28)13-9-19)16-18-6-10-20(27)11-7-18/h6-13,17,22H,14-16H2,1-5H3,(H,29,31). The molecule has 1 fully saturated rings. The molecule has 1 N–H and O–H groups in total. The average molecular weight is 491 g/mol. The van der Waals surface area contributed by atoms with Crippen LogP contribution in [-0.4, -0.2) is 40.6 Å². The highest BCUT2D eigenvalue weighted by Crippen LogP contribution is 2.33. The number of amides is 2. The van der Waals surface area contributed by atoms with E-state index >= 15 is 0 Å². The van der Waals surface area contributed by atoms with E-state index < -0.39 is 17.2 Å². The Morgan fingerprint density at radius 3 is 2.09 bits per heavy atom. The number of benzene rings is 2. The molecule has 2 aromatic carbocycles. The zero-order chi connectivity index (χ0) is 24.4. The minimum atomic E-state index is -0.929. The van der Waals surface area contributed by atoms with Crippen LogP contribution in [0.2, 0.25) is 10.0 Å². The first-order valence-electron chi connectivity index (χ1n) is 11.2. The van der Waals surface area contributed by atoms with Gasteiger partial charge in [-0.25, -0.2) is 4.79 Å². The summed E-state index contributed by atoms with van der Waals surface area (Å²) < 4.78 is 5.49. The second-order valence-corrected chi connectivity index (χ2v) is 10.8. The number of ether oxygens (including phenoxy) is 1. The second kappa shape index (κ2) is 9.94. The van der Waals surface area contributed by atoms with Gasteiger partial charge in [-0.1, -0.05) is 47.5 Å². The van der Waals surface area contributed by atoms with Gasteiger partial charge in [0.05, 0.1) is 0 Å². The van der Waals surface area contributed by atoms with Gasteiger partial charge in [0.1, 0.15) is 11.1 Å². The van der Waals surface area contributed by atoms with Crippen molar-refractivity contribution < 1.29 is 14.3 Å². The molecule has 2 amide bonds. The largest absolute Gasteiger partial charge is 0.444 e. The van der Waals surface area contributed by atoms with Crippen LogP contribution >= 0.6 is 23.2 Å². The molecule has 178 valence electrons. The zero-order valence-electron chi connectivity index (χ0n) is 19.8. The van der Waals surface area contributed by atoms with E-state index in [0.29, 0.717) is 29.4 Å². The van der Waals surface area contributed by atoms with Crippen molar-refractivity contribution in [2.75, 3.05) is 6.54 Å². The van der Waals surface area contributed by atoms with Gasteiger partial charge in [-0.2, -0.15) is 0 Å². The molecule has 0 aliphatic carbocycles. The number of hydrogen-bond donors (Lipinski definition) is 1. The lowest BCUT2D eigenvalue weighted by atomic mass is 9.83. The lowest BCUT2D eigenvalue weighted by Gasteiger charge is -2.49. The molecule has 5 nitrogen and oxygen atoms in total. The Bertz CT molecular complexity index is 986. The van der Waals surface area contributed by atoms with Crippen LogP contribution in [0.25, 0.3) is 0 Å². The van der Waals surface area contributed by atoms with Crippen LogP contribution in [0.5, 0.6) is 0 Å². The molecule has 1 saturated heterocycles. The van der Waals surface area contributed by atoms with E-state index in [9.17, 15) is 9.59 Å². The van der Waals surface area contributed by atoms with E-state index in [0.717, 1.165) is 11.1 Å². The molecule has 3 atom stereocenters. The average Bonchev–Trinajstić information content (AvgIpc) is 2.71. The van der Waals surface area contributed by atoms with Crippen molar-refractivity contribution in [2.24, 2.45) is 0 Å². The third-order valence-electron chi connectivity index (χ3n) is 6.15. The first kappa shape index (κ1) is 25.4. The van der Waals surface area contributed by atoms with E-state index in [1.165, 1.54) is 4.90 Å². The van der Waals surface area contributed by atoms with Gasteiger partial charge in [-0.3, -0.25) is 9.69 Å². The molecule has 1 heterocycles. The fraction of sp³-hybridized carbons (Fsp3) is 0.462. The van der Waals surface area contributed by atoms with E-state index in [4.69, 9.17) is 27.9 Å². The maximum atomic E-state index is 13.3. The normalized spacial score (nSPS) is 19.9. The van der Waals surface area contributed by atoms with Crippen LogP contribution in [0.4, 0.5) is 4.79 Å². The highest BCUT2D eigenvalue weighted by Gasteiger charge is 2.51. The van der Waals surface area contributed by atoms with Crippen molar-refractivity contribution in [1.29, 1.82) is 0 Å².